The SMILES string of the molecule is CCC(=O)OC(C1CC1)C(C)Oc1ccccc1. The van der Waals surface area contributed by atoms with Crippen molar-refractivity contribution in [1.82, 2.24) is 0 Å². The lowest BCUT2D eigenvalue weighted by Gasteiger charge is -2.24. The van der Waals surface area contributed by atoms with Gasteiger partial charge in [-0.1, -0.05) is 25.1 Å². The molecule has 0 bridgehead atoms. The van der Waals surface area contributed by atoms with Crippen LogP contribution in [0, 0.1) is 5.92 Å². The van der Waals surface area contributed by atoms with Crippen LogP contribution in [0.2, 0.25) is 0 Å². The number of carbonyl (C=O) groups excluding carboxylic acids is 1. The third kappa shape index (κ3) is 3.49. The molecule has 1 aromatic carbocycles. The van der Waals surface area contributed by atoms with Gasteiger partial charge in [0.25, 0.3) is 0 Å². The molecule has 0 aliphatic heterocycles. The van der Waals surface area contributed by atoms with Gasteiger partial charge in [-0.15, -0.1) is 0 Å². The average molecular weight is 248 g/mol. The number of hydrogen-bond donors (Lipinski definition) is 0. The maximum absolute atomic E-state index is 11.4. The van der Waals surface area contributed by atoms with Gasteiger partial charge >= 0.3 is 5.97 Å². The van der Waals surface area contributed by atoms with Crippen LogP contribution in [0.1, 0.15) is 33.1 Å². The van der Waals surface area contributed by atoms with Crippen LogP contribution in [-0.2, 0) is 9.53 Å². The van der Waals surface area contributed by atoms with Gasteiger partial charge in [0.15, 0.2) is 0 Å². The van der Waals surface area contributed by atoms with E-state index < -0.39 is 0 Å². The first kappa shape index (κ1) is 12.9. The van der Waals surface area contributed by atoms with E-state index in [1.165, 1.54) is 0 Å². The molecule has 1 aromatic rings. The van der Waals surface area contributed by atoms with E-state index in [1.54, 1.807) is 0 Å². The normalized spacial score (nSPS) is 17.9. The second-order valence-corrected chi connectivity index (χ2v) is 4.78. The van der Waals surface area contributed by atoms with Gasteiger partial charge in [0, 0.05) is 6.42 Å². The molecule has 98 valence electrons. The van der Waals surface area contributed by atoms with Gasteiger partial charge in [-0.25, -0.2) is 0 Å². The Bertz CT molecular complexity index is 384. The minimum absolute atomic E-state index is 0.101. The quantitative estimate of drug-likeness (QED) is 0.725. The Balaban J connectivity index is 1.95. The van der Waals surface area contributed by atoms with Crippen molar-refractivity contribution in [1.29, 1.82) is 0 Å². The predicted molar refractivity (Wildman–Crippen MR) is 69.4 cm³/mol. The summed E-state index contributed by atoms with van der Waals surface area (Å²) in [6.45, 7) is 3.79. The third-order valence-corrected chi connectivity index (χ3v) is 3.17. The second-order valence-electron chi connectivity index (χ2n) is 4.78. The Morgan fingerprint density at radius 2 is 2.00 bits per heavy atom. The predicted octanol–water partition coefficient (Wildman–Crippen LogP) is 3.19. The lowest BCUT2D eigenvalue weighted by molar-refractivity contribution is -0.154. The number of rotatable bonds is 6. The highest BCUT2D eigenvalue weighted by Gasteiger charge is 2.38. The first-order chi connectivity index (χ1) is 8.70. The monoisotopic (exact) mass is 248 g/mol. The van der Waals surface area contributed by atoms with Gasteiger partial charge in [-0.2, -0.15) is 0 Å². The summed E-state index contributed by atoms with van der Waals surface area (Å²) in [5, 5.41) is 0. The van der Waals surface area contributed by atoms with E-state index in [2.05, 4.69) is 0 Å². The van der Waals surface area contributed by atoms with Gasteiger partial charge < -0.3 is 9.47 Å². The molecule has 1 fully saturated rings. The first-order valence-corrected chi connectivity index (χ1v) is 6.62. The Morgan fingerprint density at radius 3 is 2.56 bits per heavy atom. The lowest BCUT2D eigenvalue weighted by atomic mass is 10.1. The fourth-order valence-corrected chi connectivity index (χ4v) is 2.02. The number of hydrogen-bond acceptors (Lipinski definition) is 3. The van der Waals surface area contributed by atoms with Crippen LogP contribution in [-0.4, -0.2) is 18.2 Å². The van der Waals surface area contributed by atoms with E-state index in [-0.39, 0.29) is 18.2 Å². The van der Waals surface area contributed by atoms with Crippen LogP contribution in [0.25, 0.3) is 0 Å². The second kappa shape index (κ2) is 5.89. The van der Waals surface area contributed by atoms with E-state index >= 15 is 0 Å². The smallest absolute Gasteiger partial charge is 0.305 e. The minimum Gasteiger partial charge on any atom is -0.487 e. The molecule has 0 saturated heterocycles. The average Bonchev–Trinajstić information content (AvgIpc) is 3.21. The fraction of sp³-hybridized carbons (Fsp3) is 0.533. The molecule has 0 radical (unpaired) electrons. The van der Waals surface area contributed by atoms with Gasteiger partial charge in [0.05, 0.1) is 0 Å². The Kier molecular flexibility index (Phi) is 4.24. The third-order valence-electron chi connectivity index (χ3n) is 3.17. The zero-order chi connectivity index (χ0) is 13.0. The zero-order valence-corrected chi connectivity index (χ0v) is 11.0. The number of esters is 1. The van der Waals surface area contributed by atoms with Crippen molar-refractivity contribution >= 4 is 5.97 Å². The van der Waals surface area contributed by atoms with Crippen molar-refractivity contribution in [2.24, 2.45) is 5.92 Å². The van der Waals surface area contributed by atoms with Crippen LogP contribution in [0.5, 0.6) is 5.75 Å². The summed E-state index contributed by atoms with van der Waals surface area (Å²) in [5.74, 6) is 1.15. The fourth-order valence-electron chi connectivity index (χ4n) is 2.02. The standard InChI is InChI=1S/C15H20O3/c1-3-14(16)18-15(12-9-10-12)11(2)17-13-7-5-4-6-8-13/h4-8,11-12,15H,3,9-10H2,1-2H3. The molecule has 3 nitrogen and oxygen atoms in total. The van der Waals surface area contributed by atoms with Crippen molar-refractivity contribution in [2.75, 3.05) is 0 Å². The number of benzene rings is 1. The summed E-state index contributed by atoms with van der Waals surface area (Å²) < 4.78 is 11.3. The molecule has 0 spiro atoms. The van der Waals surface area contributed by atoms with E-state index in [9.17, 15) is 4.79 Å². The lowest BCUT2D eigenvalue weighted by Crippen LogP contribution is -2.35. The molecule has 3 heteroatoms. The molecule has 0 aromatic heterocycles. The molecule has 2 rings (SSSR count). The van der Waals surface area contributed by atoms with Gasteiger partial charge in [0.1, 0.15) is 18.0 Å². The van der Waals surface area contributed by atoms with E-state index in [0.717, 1.165) is 18.6 Å². The molecule has 0 heterocycles. The van der Waals surface area contributed by atoms with Crippen molar-refractivity contribution in [3.05, 3.63) is 30.3 Å². The van der Waals surface area contributed by atoms with E-state index in [0.29, 0.717) is 12.3 Å². The highest BCUT2D eigenvalue weighted by molar-refractivity contribution is 5.69. The summed E-state index contributed by atoms with van der Waals surface area (Å²) in [6.07, 6.45) is 2.46. The molecule has 1 aliphatic carbocycles. The summed E-state index contributed by atoms with van der Waals surface area (Å²) in [6, 6.07) is 9.66. The van der Waals surface area contributed by atoms with Gasteiger partial charge in [0.2, 0.25) is 0 Å². The molecule has 2 atom stereocenters. The Labute approximate surface area is 108 Å². The maximum atomic E-state index is 11.4. The van der Waals surface area contributed by atoms with Crippen molar-refractivity contribution in [3.8, 4) is 5.75 Å². The zero-order valence-electron chi connectivity index (χ0n) is 11.0. The van der Waals surface area contributed by atoms with Crippen molar-refractivity contribution in [3.63, 3.8) is 0 Å². The molecule has 1 saturated carbocycles. The van der Waals surface area contributed by atoms with E-state index in [4.69, 9.17) is 9.47 Å². The van der Waals surface area contributed by atoms with Crippen molar-refractivity contribution in [2.45, 2.75) is 45.3 Å². The first-order valence-electron chi connectivity index (χ1n) is 6.62. The largest absolute Gasteiger partial charge is 0.487 e. The van der Waals surface area contributed by atoms with Crippen LogP contribution in [0.3, 0.4) is 0 Å². The highest BCUT2D eigenvalue weighted by atomic mass is 16.6. The summed E-state index contributed by atoms with van der Waals surface area (Å²) in [5.41, 5.74) is 0. The Hall–Kier alpha value is -1.51. The molecule has 1 aliphatic rings. The minimum atomic E-state index is -0.143. The topological polar surface area (TPSA) is 35.5 Å². The van der Waals surface area contributed by atoms with Crippen LogP contribution >= 0.6 is 0 Å². The molecule has 0 amide bonds. The summed E-state index contributed by atoms with van der Waals surface area (Å²) >= 11 is 0. The highest BCUT2D eigenvalue weighted by Crippen LogP contribution is 2.37. The van der Waals surface area contributed by atoms with E-state index in [1.807, 2.05) is 44.2 Å². The van der Waals surface area contributed by atoms with Crippen LogP contribution in [0.15, 0.2) is 30.3 Å². The molecule has 0 N–H and O–H groups in total. The van der Waals surface area contributed by atoms with Gasteiger partial charge in [-0.3, -0.25) is 4.79 Å². The van der Waals surface area contributed by atoms with Gasteiger partial charge in [-0.05, 0) is 37.8 Å². The van der Waals surface area contributed by atoms with Crippen LogP contribution in [0.4, 0.5) is 0 Å². The summed E-state index contributed by atoms with van der Waals surface area (Å²) in [4.78, 5) is 11.4. The molecule has 18 heavy (non-hydrogen) atoms. The number of para-hydroxylation sites is 1. The molecule has 2 unspecified atom stereocenters. The number of carbonyl (C=O) groups is 1. The number of ether oxygens (including phenoxy) is 2. The Morgan fingerprint density at radius 1 is 1.33 bits per heavy atom. The maximum Gasteiger partial charge on any atom is 0.305 e. The summed E-state index contributed by atoms with van der Waals surface area (Å²) in [7, 11) is 0. The molecular weight excluding hydrogens is 228 g/mol. The van der Waals surface area contributed by atoms with Crippen molar-refractivity contribution < 1.29 is 14.3 Å². The molecular formula is C15H20O3. The van der Waals surface area contributed by atoms with Crippen LogP contribution < -0.4 is 4.74 Å².